The zero-order valence-corrected chi connectivity index (χ0v) is 12.9. The molecule has 1 aromatic carbocycles. The number of benzene rings is 1. The van der Waals surface area contributed by atoms with Crippen molar-refractivity contribution in [3.05, 3.63) is 34.6 Å². The molecule has 112 valence electrons. The zero-order valence-electron chi connectivity index (χ0n) is 12.2. The Morgan fingerprint density at radius 1 is 1.40 bits per heavy atom. The van der Waals surface area contributed by atoms with Crippen LogP contribution in [0, 0.1) is 11.7 Å². The Morgan fingerprint density at radius 3 is 2.80 bits per heavy atom. The molecule has 1 N–H and O–H groups in total. The van der Waals surface area contributed by atoms with Gasteiger partial charge in [-0.3, -0.25) is 0 Å². The molecular weight excluding hydrogens is 277 g/mol. The van der Waals surface area contributed by atoms with Gasteiger partial charge in [0.2, 0.25) is 0 Å². The second-order valence-corrected chi connectivity index (χ2v) is 5.83. The van der Waals surface area contributed by atoms with Crippen LogP contribution in [0.3, 0.4) is 0 Å². The topological polar surface area (TPSA) is 21.3 Å². The van der Waals surface area contributed by atoms with Gasteiger partial charge >= 0.3 is 0 Å². The molecule has 1 saturated carbocycles. The number of ether oxygens (including phenoxy) is 1. The van der Waals surface area contributed by atoms with Crippen LogP contribution < -0.4 is 5.32 Å². The monoisotopic (exact) mass is 299 g/mol. The van der Waals surface area contributed by atoms with E-state index in [2.05, 4.69) is 12.2 Å². The van der Waals surface area contributed by atoms with Crippen LogP contribution in [-0.4, -0.2) is 19.3 Å². The summed E-state index contributed by atoms with van der Waals surface area (Å²) >= 11 is 6.22. The lowest BCUT2D eigenvalue weighted by molar-refractivity contribution is -0.0291. The normalized spacial score (nSPS) is 23.4. The molecule has 0 aromatic heterocycles. The van der Waals surface area contributed by atoms with Crippen LogP contribution in [-0.2, 0) is 4.74 Å². The first-order valence-corrected chi connectivity index (χ1v) is 7.81. The Bertz CT molecular complexity index is 434. The maximum atomic E-state index is 13.4. The van der Waals surface area contributed by atoms with E-state index in [1.165, 1.54) is 6.07 Å². The summed E-state index contributed by atoms with van der Waals surface area (Å²) in [5, 5.41) is 4.06. The lowest BCUT2D eigenvalue weighted by atomic mass is 9.77. The highest BCUT2D eigenvalue weighted by molar-refractivity contribution is 6.31. The van der Waals surface area contributed by atoms with Crippen LogP contribution in [0.5, 0.6) is 0 Å². The van der Waals surface area contributed by atoms with Gasteiger partial charge in [0.25, 0.3) is 0 Å². The fourth-order valence-electron chi connectivity index (χ4n) is 2.92. The first kappa shape index (κ1) is 15.7. The van der Waals surface area contributed by atoms with Gasteiger partial charge in [-0.15, -0.1) is 0 Å². The van der Waals surface area contributed by atoms with Crippen molar-refractivity contribution in [3.63, 3.8) is 0 Å². The highest BCUT2D eigenvalue weighted by atomic mass is 35.5. The second-order valence-electron chi connectivity index (χ2n) is 5.43. The molecule has 1 fully saturated rings. The molecule has 0 heterocycles. The van der Waals surface area contributed by atoms with Gasteiger partial charge in [0.15, 0.2) is 0 Å². The zero-order chi connectivity index (χ0) is 14.5. The molecule has 1 aromatic rings. The molecule has 20 heavy (non-hydrogen) atoms. The van der Waals surface area contributed by atoms with Crippen molar-refractivity contribution in [1.29, 1.82) is 0 Å². The standard InChI is InChI=1S/C16H23ClFNO/c1-3-19-16(9-11-7-13(8-11)20-4-2)14-10-12(18)5-6-15(14)17/h5-6,10-11,13,16,19H,3-4,7-9H2,1-2H3. The number of halogens is 2. The Kier molecular flexibility index (Phi) is 5.82. The van der Waals surface area contributed by atoms with Crippen LogP contribution in [0.1, 0.15) is 44.7 Å². The largest absolute Gasteiger partial charge is 0.378 e. The molecule has 0 aliphatic heterocycles. The minimum Gasteiger partial charge on any atom is -0.378 e. The summed E-state index contributed by atoms with van der Waals surface area (Å²) in [5.41, 5.74) is 0.869. The summed E-state index contributed by atoms with van der Waals surface area (Å²) in [6.07, 6.45) is 3.60. The number of hydrogen-bond donors (Lipinski definition) is 1. The minimum absolute atomic E-state index is 0.121. The fourth-order valence-corrected chi connectivity index (χ4v) is 3.17. The van der Waals surface area contributed by atoms with Gasteiger partial charge in [-0.2, -0.15) is 0 Å². The summed E-state index contributed by atoms with van der Waals surface area (Å²) in [7, 11) is 0. The summed E-state index contributed by atoms with van der Waals surface area (Å²) < 4.78 is 19.0. The molecule has 0 amide bonds. The predicted molar refractivity (Wildman–Crippen MR) is 80.6 cm³/mol. The van der Waals surface area contributed by atoms with Crippen LogP contribution in [0.25, 0.3) is 0 Å². The average molecular weight is 300 g/mol. The molecule has 2 nitrogen and oxygen atoms in total. The Labute approximate surface area is 125 Å². The van der Waals surface area contributed by atoms with Gasteiger partial charge in [0, 0.05) is 17.7 Å². The summed E-state index contributed by atoms with van der Waals surface area (Å²) in [5.74, 6) is 0.406. The van der Waals surface area contributed by atoms with Gasteiger partial charge in [-0.25, -0.2) is 4.39 Å². The third-order valence-corrected chi connectivity index (χ3v) is 4.29. The maximum Gasteiger partial charge on any atom is 0.123 e. The predicted octanol–water partition coefficient (Wildman–Crippen LogP) is 4.33. The molecule has 2 rings (SSSR count). The Hall–Kier alpha value is -0.640. The van der Waals surface area contributed by atoms with Gasteiger partial charge in [-0.05, 0) is 62.4 Å². The Balaban J connectivity index is 1.99. The van der Waals surface area contributed by atoms with Gasteiger partial charge < -0.3 is 10.1 Å². The molecule has 0 radical (unpaired) electrons. The second kappa shape index (κ2) is 7.39. The summed E-state index contributed by atoms with van der Waals surface area (Å²) in [6, 6.07) is 4.72. The summed E-state index contributed by atoms with van der Waals surface area (Å²) in [4.78, 5) is 0. The smallest absolute Gasteiger partial charge is 0.123 e. The molecule has 4 heteroatoms. The molecule has 0 bridgehead atoms. The minimum atomic E-state index is -0.229. The van der Waals surface area contributed by atoms with E-state index in [4.69, 9.17) is 16.3 Å². The third-order valence-electron chi connectivity index (χ3n) is 3.95. The van der Waals surface area contributed by atoms with Crippen molar-refractivity contribution in [2.24, 2.45) is 5.92 Å². The van der Waals surface area contributed by atoms with Crippen LogP contribution >= 0.6 is 11.6 Å². The van der Waals surface area contributed by atoms with E-state index in [0.29, 0.717) is 17.0 Å². The third kappa shape index (κ3) is 3.94. The van der Waals surface area contributed by atoms with E-state index in [1.54, 1.807) is 12.1 Å². The van der Waals surface area contributed by atoms with Crippen LogP contribution in [0.15, 0.2) is 18.2 Å². The SMILES string of the molecule is CCNC(CC1CC(OCC)C1)c1cc(F)ccc1Cl. The average Bonchev–Trinajstić information content (AvgIpc) is 2.38. The highest BCUT2D eigenvalue weighted by Crippen LogP contribution is 2.38. The van der Waals surface area contributed by atoms with Crippen molar-refractivity contribution in [1.82, 2.24) is 5.32 Å². The molecule has 0 saturated heterocycles. The van der Waals surface area contributed by atoms with Gasteiger partial charge in [0.05, 0.1) is 6.10 Å². The maximum absolute atomic E-state index is 13.4. The first-order chi connectivity index (χ1) is 9.63. The van der Waals surface area contributed by atoms with Crippen LogP contribution in [0.4, 0.5) is 4.39 Å². The molecule has 1 aliphatic rings. The van der Waals surface area contributed by atoms with Gasteiger partial charge in [0.1, 0.15) is 5.82 Å². The molecule has 0 spiro atoms. The van der Waals surface area contributed by atoms with Crippen molar-refractivity contribution in [2.45, 2.75) is 45.3 Å². The van der Waals surface area contributed by atoms with Crippen molar-refractivity contribution in [2.75, 3.05) is 13.2 Å². The lowest BCUT2D eigenvalue weighted by Gasteiger charge is -2.37. The van der Waals surface area contributed by atoms with E-state index in [-0.39, 0.29) is 11.9 Å². The molecule has 1 atom stereocenters. The molecular formula is C16H23ClFNO. The Morgan fingerprint density at radius 2 is 2.15 bits per heavy atom. The number of hydrogen-bond acceptors (Lipinski definition) is 2. The lowest BCUT2D eigenvalue weighted by Crippen LogP contribution is -2.34. The van der Waals surface area contributed by atoms with E-state index in [9.17, 15) is 4.39 Å². The summed E-state index contributed by atoms with van der Waals surface area (Å²) in [6.45, 7) is 5.72. The quantitative estimate of drug-likeness (QED) is 0.809. The van der Waals surface area contributed by atoms with Gasteiger partial charge in [-0.1, -0.05) is 18.5 Å². The van der Waals surface area contributed by atoms with Crippen molar-refractivity contribution >= 4 is 11.6 Å². The molecule has 1 aliphatic carbocycles. The fraction of sp³-hybridized carbons (Fsp3) is 0.625. The number of nitrogens with one attached hydrogen (secondary N) is 1. The van der Waals surface area contributed by atoms with Crippen LogP contribution in [0.2, 0.25) is 5.02 Å². The van der Waals surface area contributed by atoms with Crippen molar-refractivity contribution < 1.29 is 9.13 Å². The first-order valence-electron chi connectivity index (χ1n) is 7.43. The number of rotatable bonds is 7. The van der Waals surface area contributed by atoms with E-state index in [0.717, 1.165) is 38.0 Å². The van der Waals surface area contributed by atoms with E-state index >= 15 is 0 Å². The van der Waals surface area contributed by atoms with E-state index in [1.807, 2.05) is 6.92 Å². The molecule has 1 unspecified atom stereocenters. The highest BCUT2D eigenvalue weighted by Gasteiger charge is 2.32. The van der Waals surface area contributed by atoms with Crippen molar-refractivity contribution in [3.8, 4) is 0 Å². The van der Waals surface area contributed by atoms with E-state index < -0.39 is 0 Å².